The molecule has 6 nitrogen and oxygen atoms in total. The van der Waals surface area contributed by atoms with Crippen molar-refractivity contribution in [2.75, 3.05) is 19.3 Å². The monoisotopic (exact) mass is 374 g/mol. The van der Waals surface area contributed by atoms with E-state index in [1.54, 1.807) is 17.8 Å². The quantitative estimate of drug-likeness (QED) is 0.820. The molecule has 2 aromatic rings. The third-order valence-electron chi connectivity index (χ3n) is 5.44. The van der Waals surface area contributed by atoms with E-state index in [-0.39, 0.29) is 5.91 Å². The van der Waals surface area contributed by atoms with Crippen LogP contribution in [0.5, 0.6) is 0 Å². The number of fused-ring (bicyclic) bond motifs is 1. The fourth-order valence-electron chi connectivity index (χ4n) is 4.02. The van der Waals surface area contributed by atoms with Gasteiger partial charge in [0.2, 0.25) is 0 Å². The Labute approximate surface area is 158 Å². The highest BCUT2D eigenvalue weighted by atomic mass is 32.2. The van der Waals surface area contributed by atoms with E-state index in [4.69, 9.17) is 4.42 Å². The standard InChI is InChI=1S/C19H26N4O2S/c1-26-13-15-6-7-16(25-15)19(24)22-11-8-14(9-12-22)18-21-20-17-5-3-2-4-10-23(17)18/h6-7,14H,2-5,8-13H2,1H3. The third-order valence-corrected chi connectivity index (χ3v) is 6.02. The molecule has 0 radical (unpaired) electrons. The topological polar surface area (TPSA) is 64.2 Å². The van der Waals surface area contributed by atoms with Gasteiger partial charge in [0.05, 0.1) is 5.75 Å². The zero-order valence-corrected chi connectivity index (χ0v) is 16.1. The SMILES string of the molecule is CSCc1ccc(C(=O)N2CCC(c3nnc4n3CCCCC4)CC2)o1. The van der Waals surface area contributed by atoms with E-state index in [9.17, 15) is 4.79 Å². The van der Waals surface area contributed by atoms with Crippen LogP contribution in [0.1, 0.15) is 66.0 Å². The van der Waals surface area contributed by atoms with E-state index in [0.29, 0.717) is 11.7 Å². The average Bonchev–Trinajstić information content (AvgIpc) is 3.23. The average molecular weight is 375 g/mol. The van der Waals surface area contributed by atoms with E-state index in [1.807, 2.05) is 17.2 Å². The fourth-order valence-corrected chi connectivity index (χ4v) is 4.46. The van der Waals surface area contributed by atoms with Crippen LogP contribution < -0.4 is 0 Å². The second-order valence-corrected chi connectivity index (χ2v) is 8.07. The van der Waals surface area contributed by atoms with Crippen molar-refractivity contribution in [2.24, 2.45) is 0 Å². The number of aromatic nitrogens is 3. The predicted octanol–water partition coefficient (Wildman–Crippen LogP) is 3.48. The van der Waals surface area contributed by atoms with Gasteiger partial charge in [0.15, 0.2) is 5.76 Å². The van der Waals surface area contributed by atoms with Crippen molar-refractivity contribution in [1.82, 2.24) is 19.7 Å². The summed E-state index contributed by atoms with van der Waals surface area (Å²) in [7, 11) is 0. The number of carbonyl (C=O) groups is 1. The third kappa shape index (κ3) is 3.54. The van der Waals surface area contributed by atoms with Crippen LogP contribution >= 0.6 is 11.8 Å². The summed E-state index contributed by atoms with van der Waals surface area (Å²) >= 11 is 1.69. The molecule has 0 aliphatic carbocycles. The zero-order chi connectivity index (χ0) is 17.9. The first-order chi connectivity index (χ1) is 12.8. The molecule has 2 aliphatic heterocycles. The number of hydrogen-bond donors (Lipinski definition) is 0. The number of piperidine rings is 1. The number of thioether (sulfide) groups is 1. The molecule has 4 rings (SSSR count). The number of nitrogens with zero attached hydrogens (tertiary/aromatic N) is 4. The number of aryl methyl sites for hydroxylation is 1. The van der Waals surface area contributed by atoms with Gasteiger partial charge >= 0.3 is 0 Å². The van der Waals surface area contributed by atoms with E-state index in [1.165, 1.54) is 19.3 Å². The highest BCUT2D eigenvalue weighted by molar-refractivity contribution is 7.97. The van der Waals surface area contributed by atoms with Gasteiger partial charge in [-0.1, -0.05) is 6.42 Å². The smallest absolute Gasteiger partial charge is 0.289 e. The highest BCUT2D eigenvalue weighted by Crippen LogP contribution is 2.29. The second-order valence-electron chi connectivity index (χ2n) is 7.20. The molecule has 1 fully saturated rings. The molecule has 0 bridgehead atoms. The van der Waals surface area contributed by atoms with Gasteiger partial charge in [0, 0.05) is 32.0 Å². The van der Waals surface area contributed by atoms with Crippen LogP contribution in [0.25, 0.3) is 0 Å². The van der Waals surface area contributed by atoms with E-state index >= 15 is 0 Å². The maximum Gasteiger partial charge on any atom is 0.289 e. The van der Waals surface area contributed by atoms with Crippen LogP contribution in [0.4, 0.5) is 0 Å². The van der Waals surface area contributed by atoms with E-state index in [2.05, 4.69) is 14.8 Å². The number of carbonyl (C=O) groups excluding carboxylic acids is 1. The molecule has 0 saturated carbocycles. The minimum absolute atomic E-state index is 0.0101. The number of rotatable bonds is 4. The molecule has 140 valence electrons. The summed E-state index contributed by atoms with van der Waals surface area (Å²) < 4.78 is 8.03. The van der Waals surface area contributed by atoms with Crippen molar-refractivity contribution in [2.45, 2.75) is 56.7 Å². The largest absolute Gasteiger partial charge is 0.455 e. The van der Waals surface area contributed by atoms with Gasteiger partial charge in [-0.15, -0.1) is 10.2 Å². The Bertz CT molecular complexity index is 761. The predicted molar refractivity (Wildman–Crippen MR) is 101 cm³/mol. The van der Waals surface area contributed by atoms with E-state index in [0.717, 1.165) is 62.1 Å². The molecular weight excluding hydrogens is 348 g/mol. The fraction of sp³-hybridized carbons (Fsp3) is 0.632. The van der Waals surface area contributed by atoms with Gasteiger partial charge in [0.25, 0.3) is 5.91 Å². The van der Waals surface area contributed by atoms with Gasteiger partial charge in [-0.2, -0.15) is 11.8 Å². The number of likely N-dealkylation sites (tertiary alicyclic amines) is 1. The first kappa shape index (κ1) is 17.6. The Balaban J connectivity index is 1.39. The summed E-state index contributed by atoms with van der Waals surface area (Å²) in [6.45, 7) is 2.55. The van der Waals surface area contributed by atoms with Gasteiger partial charge < -0.3 is 13.9 Å². The lowest BCUT2D eigenvalue weighted by molar-refractivity contribution is 0.0676. The molecule has 26 heavy (non-hydrogen) atoms. The summed E-state index contributed by atoms with van der Waals surface area (Å²) in [6.07, 6.45) is 8.67. The van der Waals surface area contributed by atoms with Crippen molar-refractivity contribution >= 4 is 17.7 Å². The lowest BCUT2D eigenvalue weighted by atomic mass is 9.95. The van der Waals surface area contributed by atoms with Crippen LogP contribution in [-0.4, -0.2) is 44.9 Å². The van der Waals surface area contributed by atoms with Crippen LogP contribution in [-0.2, 0) is 18.7 Å². The maximum atomic E-state index is 12.7. The number of furan rings is 1. The molecule has 0 aromatic carbocycles. The highest BCUT2D eigenvalue weighted by Gasteiger charge is 2.29. The van der Waals surface area contributed by atoms with E-state index < -0.39 is 0 Å². The van der Waals surface area contributed by atoms with Gasteiger partial charge in [-0.25, -0.2) is 0 Å². The van der Waals surface area contributed by atoms with Gasteiger partial charge in [-0.05, 0) is 44.1 Å². The molecule has 1 saturated heterocycles. The molecule has 2 aliphatic rings. The van der Waals surface area contributed by atoms with Crippen molar-refractivity contribution in [1.29, 1.82) is 0 Å². The molecular formula is C19H26N4O2S. The van der Waals surface area contributed by atoms with Crippen molar-refractivity contribution in [3.63, 3.8) is 0 Å². The van der Waals surface area contributed by atoms with Crippen LogP contribution in [0.3, 0.4) is 0 Å². The van der Waals surface area contributed by atoms with Gasteiger partial charge in [-0.3, -0.25) is 4.79 Å². The molecule has 4 heterocycles. The summed E-state index contributed by atoms with van der Waals surface area (Å²) in [5.74, 6) is 4.82. The number of amides is 1. The summed E-state index contributed by atoms with van der Waals surface area (Å²) in [5, 5.41) is 8.93. The maximum absolute atomic E-state index is 12.7. The Morgan fingerprint density at radius 2 is 2.04 bits per heavy atom. The lowest BCUT2D eigenvalue weighted by Crippen LogP contribution is -2.38. The Hall–Kier alpha value is -1.76. The minimum Gasteiger partial charge on any atom is -0.455 e. The lowest BCUT2D eigenvalue weighted by Gasteiger charge is -2.31. The summed E-state index contributed by atoms with van der Waals surface area (Å²) in [5.41, 5.74) is 0. The Kier molecular flexibility index (Phi) is 5.33. The minimum atomic E-state index is 0.0101. The molecule has 0 unspecified atom stereocenters. The first-order valence-corrected chi connectivity index (χ1v) is 10.9. The van der Waals surface area contributed by atoms with Crippen LogP contribution in [0.2, 0.25) is 0 Å². The van der Waals surface area contributed by atoms with Crippen molar-refractivity contribution < 1.29 is 9.21 Å². The molecule has 0 atom stereocenters. The normalized spacial score (nSPS) is 18.6. The van der Waals surface area contributed by atoms with Crippen molar-refractivity contribution in [3.05, 3.63) is 35.3 Å². The molecule has 0 N–H and O–H groups in total. The summed E-state index contributed by atoms with van der Waals surface area (Å²) in [6, 6.07) is 3.71. The second kappa shape index (κ2) is 7.86. The molecule has 1 amide bonds. The van der Waals surface area contributed by atoms with Gasteiger partial charge in [0.1, 0.15) is 17.4 Å². The molecule has 2 aromatic heterocycles. The van der Waals surface area contributed by atoms with Crippen LogP contribution in [0, 0.1) is 0 Å². The Morgan fingerprint density at radius 3 is 2.85 bits per heavy atom. The molecule has 0 spiro atoms. The first-order valence-electron chi connectivity index (χ1n) is 9.55. The number of hydrogen-bond acceptors (Lipinski definition) is 5. The molecule has 7 heteroatoms. The zero-order valence-electron chi connectivity index (χ0n) is 15.3. The summed E-state index contributed by atoms with van der Waals surface area (Å²) in [4.78, 5) is 14.6. The van der Waals surface area contributed by atoms with Crippen molar-refractivity contribution in [3.8, 4) is 0 Å². The Morgan fingerprint density at radius 1 is 1.19 bits per heavy atom. The van der Waals surface area contributed by atoms with Crippen LogP contribution in [0.15, 0.2) is 16.5 Å².